The van der Waals surface area contributed by atoms with Crippen LogP contribution in [0.5, 0.6) is 0 Å². The van der Waals surface area contributed by atoms with Gasteiger partial charge in [0.1, 0.15) is 0 Å². The van der Waals surface area contributed by atoms with Crippen LogP contribution in [0.15, 0.2) is 0 Å². The van der Waals surface area contributed by atoms with Crippen molar-refractivity contribution in [1.82, 2.24) is 4.90 Å². The Morgan fingerprint density at radius 3 is 2.15 bits per heavy atom. The Kier molecular flexibility index (Phi) is 7.35. The first-order chi connectivity index (χ1) is 6.07. The van der Waals surface area contributed by atoms with Crippen molar-refractivity contribution in [2.45, 2.75) is 59.4 Å². The summed E-state index contributed by atoms with van der Waals surface area (Å²) in [7, 11) is 2.25. The van der Waals surface area contributed by atoms with Crippen LogP contribution in [0.25, 0.3) is 0 Å². The largest absolute Gasteiger partial charge is 0.304 e. The molecule has 0 N–H and O–H groups in total. The van der Waals surface area contributed by atoms with Crippen LogP contribution in [-0.4, -0.2) is 24.5 Å². The highest BCUT2D eigenvalue weighted by atomic mass is 15.1. The van der Waals surface area contributed by atoms with E-state index in [1.165, 1.54) is 32.2 Å². The van der Waals surface area contributed by atoms with Gasteiger partial charge in [0.25, 0.3) is 0 Å². The summed E-state index contributed by atoms with van der Waals surface area (Å²) in [4.78, 5) is 2.49. The fraction of sp³-hybridized carbons (Fsp3) is 1.00. The molecular formula is C12H27N. The highest BCUT2D eigenvalue weighted by molar-refractivity contribution is 4.64. The molecular weight excluding hydrogens is 158 g/mol. The third-order valence-electron chi connectivity index (χ3n) is 2.78. The lowest BCUT2D eigenvalue weighted by molar-refractivity contribution is 0.233. The Morgan fingerprint density at radius 1 is 1.08 bits per heavy atom. The molecule has 13 heavy (non-hydrogen) atoms. The molecule has 1 heteroatoms. The van der Waals surface area contributed by atoms with E-state index in [4.69, 9.17) is 0 Å². The number of unbranched alkanes of at least 4 members (excludes halogenated alkanes) is 1. The van der Waals surface area contributed by atoms with Gasteiger partial charge in [-0.05, 0) is 45.7 Å². The molecule has 0 saturated carbocycles. The average Bonchev–Trinajstić information content (AvgIpc) is 2.10. The molecule has 0 heterocycles. The van der Waals surface area contributed by atoms with E-state index < -0.39 is 0 Å². The maximum absolute atomic E-state index is 2.49. The number of rotatable bonds is 7. The predicted octanol–water partition coefficient (Wildman–Crippen LogP) is 3.54. The zero-order valence-corrected chi connectivity index (χ0v) is 10.1. The van der Waals surface area contributed by atoms with Crippen molar-refractivity contribution in [1.29, 1.82) is 0 Å². The van der Waals surface area contributed by atoms with E-state index in [9.17, 15) is 0 Å². The van der Waals surface area contributed by atoms with Crippen LogP contribution in [-0.2, 0) is 0 Å². The van der Waals surface area contributed by atoms with Gasteiger partial charge in [-0.25, -0.2) is 0 Å². The van der Waals surface area contributed by atoms with Crippen molar-refractivity contribution in [3.63, 3.8) is 0 Å². The third-order valence-corrected chi connectivity index (χ3v) is 2.78. The molecule has 0 spiro atoms. The Hall–Kier alpha value is -0.0400. The van der Waals surface area contributed by atoms with Crippen molar-refractivity contribution < 1.29 is 0 Å². The molecule has 0 amide bonds. The summed E-state index contributed by atoms with van der Waals surface area (Å²) in [6, 6.07) is 0.758. The summed E-state index contributed by atoms with van der Waals surface area (Å²) in [6.07, 6.45) is 5.35. The van der Waals surface area contributed by atoms with Gasteiger partial charge in [0.2, 0.25) is 0 Å². The molecule has 0 aromatic rings. The van der Waals surface area contributed by atoms with E-state index >= 15 is 0 Å². The Bertz CT molecular complexity index is 110. The first-order valence-electron chi connectivity index (χ1n) is 5.78. The normalized spacial score (nSPS) is 14.1. The monoisotopic (exact) mass is 185 g/mol. The lowest BCUT2D eigenvalue weighted by Gasteiger charge is -2.25. The first-order valence-corrected chi connectivity index (χ1v) is 5.78. The van der Waals surface area contributed by atoms with E-state index in [1.54, 1.807) is 0 Å². The number of hydrogen-bond donors (Lipinski definition) is 0. The summed E-state index contributed by atoms with van der Waals surface area (Å²) in [5.74, 6) is 0.849. The Balaban J connectivity index is 3.50. The molecule has 0 radical (unpaired) electrons. The van der Waals surface area contributed by atoms with Gasteiger partial charge in [0, 0.05) is 6.04 Å². The quantitative estimate of drug-likeness (QED) is 0.586. The van der Waals surface area contributed by atoms with Gasteiger partial charge in [-0.3, -0.25) is 0 Å². The lowest BCUT2D eigenvalue weighted by atomic mass is 10.0. The maximum atomic E-state index is 2.49. The Morgan fingerprint density at radius 2 is 1.69 bits per heavy atom. The number of nitrogens with zero attached hydrogens (tertiary/aromatic N) is 1. The second-order valence-corrected chi connectivity index (χ2v) is 4.65. The molecule has 80 valence electrons. The topological polar surface area (TPSA) is 3.24 Å². The fourth-order valence-corrected chi connectivity index (χ4v) is 1.42. The van der Waals surface area contributed by atoms with Gasteiger partial charge in [-0.2, -0.15) is 0 Å². The van der Waals surface area contributed by atoms with Crippen molar-refractivity contribution in [2.24, 2.45) is 5.92 Å². The molecule has 1 unspecified atom stereocenters. The van der Waals surface area contributed by atoms with Crippen LogP contribution in [0.1, 0.15) is 53.4 Å². The van der Waals surface area contributed by atoms with Gasteiger partial charge in [-0.15, -0.1) is 0 Å². The molecule has 0 bridgehead atoms. The predicted molar refractivity (Wildman–Crippen MR) is 61.1 cm³/mol. The van der Waals surface area contributed by atoms with E-state index in [0.29, 0.717) is 0 Å². The summed E-state index contributed by atoms with van der Waals surface area (Å²) < 4.78 is 0. The molecule has 0 rings (SSSR count). The summed E-state index contributed by atoms with van der Waals surface area (Å²) in [6.45, 7) is 10.5. The second kappa shape index (κ2) is 7.37. The first kappa shape index (κ1) is 13.0. The van der Waals surface area contributed by atoms with Gasteiger partial charge < -0.3 is 4.90 Å². The minimum absolute atomic E-state index is 0.758. The number of hydrogen-bond acceptors (Lipinski definition) is 1. The molecule has 0 aromatic heterocycles. The van der Waals surface area contributed by atoms with Crippen LogP contribution in [0.2, 0.25) is 0 Å². The third kappa shape index (κ3) is 7.06. The molecule has 0 fully saturated rings. The Labute approximate surface area is 84.5 Å². The zero-order chi connectivity index (χ0) is 10.3. The summed E-state index contributed by atoms with van der Waals surface area (Å²) in [5, 5.41) is 0. The highest BCUT2D eigenvalue weighted by Gasteiger charge is 2.08. The lowest BCUT2D eigenvalue weighted by Crippen LogP contribution is -2.30. The zero-order valence-electron chi connectivity index (χ0n) is 10.1. The van der Waals surface area contributed by atoms with Gasteiger partial charge in [-0.1, -0.05) is 27.2 Å². The van der Waals surface area contributed by atoms with Crippen molar-refractivity contribution >= 4 is 0 Å². The van der Waals surface area contributed by atoms with Crippen molar-refractivity contribution in [2.75, 3.05) is 13.6 Å². The molecule has 0 aliphatic carbocycles. The standard InChI is InChI=1S/C12H27N/c1-6-7-10-13(5)12(4)9-8-11(2)3/h11-12H,6-10H2,1-5H3. The van der Waals surface area contributed by atoms with Crippen molar-refractivity contribution in [3.05, 3.63) is 0 Å². The van der Waals surface area contributed by atoms with Gasteiger partial charge >= 0.3 is 0 Å². The maximum Gasteiger partial charge on any atom is 0.00639 e. The molecule has 0 saturated heterocycles. The molecule has 0 aromatic carbocycles. The van der Waals surface area contributed by atoms with Crippen LogP contribution in [0.4, 0.5) is 0 Å². The minimum atomic E-state index is 0.758. The molecule has 0 aliphatic heterocycles. The van der Waals surface area contributed by atoms with Crippen LogP contribution in [0, 0.1) is 5.92 Å². The van der Waals surface area contributed by atoms with Crippen LogP contribution >= 0.6 is 0 Å². The van der Waals surface area contributed by atoms with E-state index in [0.717, 1.165) is 12.0 Å². The molecule has 1 atom stereocenters. The average molecular weight is 185 g/mol. The smallest absolute Gasteiger partial charge is 0.00639 e. The molecule has 0 aliphatic rings. The summed E-state index contributed by atoms with van der Waals surface area (Å²) >= 11 is 0. The minimum Gasteiger partial charge on any atom is -0.304 e. The van der Waals surface area contributed by atoms with E-state index in [-0.39, 0.29) is 0 Å². The summed E-state index contributed by atoms with van der Waals surface area (Å²) in [5.41, 5.74) is 0. The SMILES string of the molecule is CCCCN(C)C(C)CCC(C)C. The van der Waals surface area contributed by atoms with Gasteiger partial charge in [0.05, 0.1) is 0 Å². The molecule has 1 nitrogen and oxygen atoms in total. The van der Waals surface area contributed by atoms with Crippen LogP contribution < -0.4 is 0 Å². The van der Waals surface area contributed by atoms with Crippen molar-refractivity contribution in [3.8, 4) is 0 Å². The van der Waals surface area contributed by atoms with E-state index in [2.05, 4.69) is 39.6 Å². The fourth-order valence-electron chi connectivity index (χ4n) is 1.42. The second-order valence-electron chi connectivity index (χ2n) is 4.65. The van der Waals surface area contributed by atoms with Gasteiger partial charge in [0.15, 0.2) is 0 Å². The van der Waals surface area contributed by atoms with Crippen LogP contribution in [0.3, 0.4) is 0 Å². The highest BCUT2D eigenvalue weighted by Crippen LogP contribution is 2.10. The van der Waals surface area contributed by atoms with E-state index in [1.807, 2.05) is 0 Å².